The topological polar surface area (TPSA) is 64.4 Å². The minimum absolute atomic E-state index is 0.0356. The predicted molar refractivity (Wildman–Crippen MR) is 99.5 cm³/mol. The van der Waals surface area contributed by atoms with Crippen molar-refractivity contribution < 1.29 is 22.7 Å². The third-order valence-corrected chi connectivity index (χ3v) is 4.92. The standard InChI is InChI=1S/C20H16F3N3O3/c1-3-11-6-4-9-14-17(11)29-20(22,23)19(28)26(14)10-15-24-16-12(18(27)25(15)2)7-5-8-13(16)21/h4-9H,3,10H2,1-2H3. The highest BCUT2D eigenvalue weighted by molar-refractivity contribution is 6.01. The van der Waals surface area contributed by atoms with E-state index < -0.39 is 29.9 Å². The summed E-state index contributed by atoms with van der Waals surface area (Å²) < 4.78 is 48.5. The van der Waals surface area contributed by atoms with Gasteiger partial charge in [-0.1, -0.05) is 25.1 Å². The largest absolute Gasteiger partial charge is 0.483 e. The molecule has 0 spiro atoms. The van der Waals surface area contributed by atoms with Gasteiger partial charge in [0.15, 0.2) is 5.75 Å². The Labute approximate surface area is 163 Å². The van der Waals surface area contributed by atoms with Crippen LogP contribution in [0.2, 0.25) is 0 Å². The van der Waals surface area contributed by atoms with Gasteiger partial charge in [-0.05, 0) is 30.2 Å². The Morgan fingerprint density at radius 1 is 1.14 bits per heavy atom. The molecule has 29 heavy (non-hydrogen) atoms. The van der Waals surface area contributed by atoms with Gasteiger partial charge in [-0.3, -0.25) is 19.1 Å². The molecule has 1 aromatic heterocycles. The monoisotopic (exact) mass is 403 g/mol. The first-order valence-electron chi connectivity index (χ1n) is 8.89. The number of aryl methyl sites for hydroxylation is 1. The van der Waals surface area contributed by atoms with Crippen molar-refractivity contribution in [2.45, 2.75) is 26.0 Å². The van der Waals surface area contributed by atoms with Crippen LogP contribution in [-0.4, -0.2) is 21.6 Å². The Bertz CT molecular complexity index is 1210. The van der Waals surface area contributed by atoms with Crippen LogP contribution < -0.4 is 15.2 Å². The smallest absolute Gasteiger partial charge is 0.423 e. The van der Waals surface area contributed by atoms with Gasteiger partial charge in [0, 0.05) is 7.05 Å². The van der Waals surface area contributed by atoms with Crippen molar-refractivity contribution in [3.05, 3.63) is 64.0 Å². The molecule has 1 amide bonds. The zero-order valence-electron chi connectivity index (χ0n) is 15.6. The molecule has 1 aliphatic rings. The van der Waals surface area contributed by atoms with Gasteiger partial charge in [0.2, 0.25) is 0 Å². The van der Waals surface area contributed by atoms with E-state index in [1.807, 2.05) is 0 Å². The third-order valence-electron chi connectivity index (χ3n) is 4.92. The molecule has 150 valence electrons. The molecule has 9 heteroatoms. The summed E-state index contributed by atoms with van der Waals surface area (Å²) >= 11 is 0. The molecule has 0 fully saturated rings. The molecule has 1 aliphatic heterocycles. The summed E-state index contributed by atoms with van der Waals surface area (Å²) in [6.07, 6.45) is -3.65. The summed E-state index contributed by atoms with van der Waals surface area (Å²) in [5.74, 6) is -2.43. The maximum absolute atomic E-state index is 14.3. The van der Waals surface area contributed by atoms with E-state index in [-0.39, 0.29) is 28.2 Å². The number of anilines is 1. The van der Waals surface area contributed by atoms with Gasteiger partial charge in [0.05, 0.1) is 17.6 Å². The van der Waals surface area contributed by atoms with E-state index in [1.54, 1.807) is 19.1 Å². The molecule has 0 saturated carbocycles. The number of fused-ring (bicyclic) bond motifs is 2. The van der Waals surface area contributed by atoms with Gasteiger partial charge >= 0.3 is 12.0 Å². The van der Waals surface area contributed by atoms with Crippen molar-refractivity contribution in [3.63, 3.8) is 0 Å². The summed E-state index contributed by atoms with van der Waals surface area (Å²) in [5.41, 5.74) is -0.0747. The lowest BCUT2D eigenvalue weighted by atomic mass is 10.1. The van der Waals surface area contributed by atoms with Gasteiger partial charge in [-0.2, -0.15) is 8.78 Å². The minimum Gasteiger partial charge on any atom is -0.423 e. The number of para-hydroxylation sites is 2. The van der Waals surface area contributed by atoms with Crippen LogP contribution in [-0.2, 0) is 24.8 Å². The molecule has 3 aromatic rings. The lowest BCUT2D eigenvalue weighted by Gasteiger charge is -2.34. The number of hydrogen-bond donors (Lipinski definition) is 0. The fraction of sp³-hybridized carbons (Fsp3) is 0.250. The number of alkyl halides is 2. The highest BCUT2D eigenvalue weighted by Crippen LogP contribution is 2.42. The Balaban J connectivity index is 1.88. The average Bonchev–Trinajstić information content (AvgIpc) is 2.69. The summed E-state index contributed by atoms with van der Waals surface area (Å²) in [5, 5.41) is 0.0588. The third kappa shape index (κ3) is 2.93. The number of aromatic nitrogens is 2. The Morgan fingerprint density at radius 3 is 2.59 bits per heavy atom. The fourth-order valence-corrected chi connectivity index (χ4v) is 3.36. The van der Waals surface area contributed by atoms with Crippen molar-refractivity contribution in [2.24, 2.45) is 7.05 Å². The average molecular weight is 403 g/mol. The highest BCUT2D eigenvalue weighted by Gasteiger charge is 2.51. The molecule has 0 saturated heterocycles. The van der Waals surface area contributed by atoms with Crippen LogP contribution in [0, 0.1) is 5.82 Å². The number of carbonyl (C=O) groups is 1. The fourth-order valence-electron chi connectivity index (χ4n) is 3.36. The van der Waals surface area contributed by atoms with E-state index in [0.29, 0.717) is 12.0 Å². The Morgan fingerprint density at radius 2 is 1.86 bits per heavy atom. The molecular formula is C20H16F3N3O3. The van der Waals surface area contributed by atoms with Crippen molar-refractivity contribution in [1.29, 1.82) is 0 Å². The molecule has 4 rings (SSSR count). The number of halogens is 3. The maximum atomic E-state index is 14.3. The van der Waals surface area contributed by atoms with Gasteiger partial charge in [-0.25, -0.2) is 9.37 Å². The molecule has 0 N–H and O–H groups in total. The van der Waals surface area contributed by atoms with E-state index in [2.05, 4.69) is 4.98 Å². The molecule has 0 radical (unpaired) electrons. The van der Waals surface area contributed by atoms with Crippen LogP contribution in [0.3, 0.4) is 0 Å². The van der Waals surface area contributed by atoms with Crippen LogP contribution >= 0.6 is 0 Å². The summed E-state index contributed by atoms with van der Waals surface area (Å²) in [6, 6.07) is 8.68. The van der Waals surface area contributed by atoms with Crippen molar-refractivity contribution >= 4 is 22.5 Å². The van der Waals surface area contributed by atoms with Crippen molar-refractivity contribution in [2.75, 3.05) is 4.90 Å². The SMILES string of the molecule is CCc1cccc2c1OC(F)(F)C(=O)N2Cc1nc2c(F)cccc2c(=O)n1C. The molecule has 2 heterocycles. The second-order valence-electron chi connectivity index (χ2n) is 6.66. The normalized spacial score (nSPS) is 15.3. The van der Waals surface area contributed by atoms with E-state index in [9.17, 15) is 22.8 Å². The summed E-state index contributed by atoms with van der Waals surface area (Å²) in [7, 11) is 1.39. The van der Waals surface area contributed by atoms with Gasteiger partial charge in [-0.15, -0.1) is 0 Å². The zero-order valence-corrected chi connectivity index (χ0v) is 15.6. The number of nitrogens with zero attached hydrogens (tertiary/aromatic N) is 3. The molecule has 6 nitrogen and oxygen atoms in total. The maximum Gasteiger partial charge on any atom is 0.483 e. The molecule has 0 unspecified atom stereocenters. The highest BCUT2D eigenvalue weighted by atomic mass is 19.3. The molecule has 0 atom stereocenters. The van der Waals surface area contributed by atoms with Crippen molar-refractivity contribution in [3.8, 4) is 5.75 Å². The van der Waals surface area contributed by atoms with Gasteiger partial charge < -0.3 is 4.74 Å². The van der Waals surface area contributed by atoms with Crippen molar-refractivity contribution in [1.82, 2.24) is 9.55 Å². The number of ether oxygens (including phenoxy) is 1. The van der Waals surface area contributed by atoms with Gasteiger partial charge in [0.25, 0.3) is 5.56 Å². The molecule has 0 aliphatic carbocycles. The quantitative estimate of drug-likeness (QED) is 0.674. The first-order chi connectivity index (χ1) is 13.7. The second-order valence-corrected chi connectivity index (χ2v) is 6.66. The first-order valence-corrected chi connectivity index (χ1v) is 8.89. The summed E-state index contributed by atoms with van der Waals surface area (Å²) in [6.45, 7) is 1.32. The van der Waals surface area contributed by atoms with Gasteiger partial charge in [0.1, 0.15) is 17.2 Å². The van der Waals surface area contributed by atoms with E-state index in [1.165, 1.54) is 25.2 Å². The number of carbonyl (C=O) groups excluding carboxylic acids is 1. The summed E-state index contributed by atoms with van der Waals surface area (Å²) in [4.78, 5) is 29.9. The zero-order chi connectivity index (χ0) is 20.9. The van der Waals surface area contributed by atoms with E-state index in [4.69, 9.17) is 4.74 Å². The molecular weight excluding hydrogens is 387 g/mol. The van der Waals surface area contributed by atoms with Crippen LogP contribution in [0.15, 0.2) is 41.2 Å². The molecule has 2 aromatic carbocycles. The van der Waals surface area contributed by atoms with Crippen LogP contribution in [0.5, 0.6) is 5.75 Å². The first kappa shape index (κ1) is 19.0. The number of amides is 1. The minimum atomic E-state index is -4.07. The van der Waals surface area contributed by atoms with Crippen LogP contribution in [0.25, 0.3) is 10.9 Å². The van der Waals surface area contributed by atoms with E-state index >= 15 is 0 Å². The Hall–Kier alpha value is -3.36. The number of rotatable bonds is 3. The molecule has 0 bridgehead atoms. The van der Waals surface area contributed by atoms with Crippen LogP contribution in [0.1, 0.15) is 18.3 Å². The lowest BCUT2D eigenvalue weighted by molar-refractivity contribution is -0.193. The van der Waals surface area contributed by atoms with E-state index in [0.717, 1.165) is 15.5 Å². The Kier molecular flexibility index (Phi) is 4.33. The lowest BCUT2D eigenvalue weighted by Crippen LogP contribution is -2.51. The van der Waals surface area contributed by atoms with Crippen LogP contribution in [0.4, 0.5) is 18.9 Å². The number of hydrogen-bond acceptors (Lipinski definition) is 4. The number of benzene rings is 2. The predicted octanol–water partition coefficient (Wildman–Crippen LogP) is 3.15. The second kappa shape index (κ2) is 6.61.